The highest BCUT2D eigenvalue weighted by Crippen LogP contribution is 2.16. The van der Waals surface area contributed by atoms with Gasteiger partial charge in [0.25, 0.3) is 0 Å². The molecular formula is C9H18N2OS. The highest BCUT2D eigenvalue weighted by atomic mass is 32.2. The third kappa shape index (κ3) is 2.69. The lowest BCUT2D eigenvalue weighted by Gasteiger charge is -2.18. The Balaban J connectivity index is 2.52. The summed E-state index contributed by atoms with van der Waals surface area (Å²) >= 11 is 1.59. The maximum Gasteiger partial charge on any atom is 0.141 e. The van der Waals surface area contributed by atoms with Crippen LogP contribution in [-0.2, 0) is 4.79 Å². The molecule has 2 N–H and O–H groups in total. The molecule has 1 aliphatic heterocycles. The lowest BCUT2D eigenvalue weighted by atomic mass is 9.92. The molecule has 0 spiro atoms. The molecule has 0 amide bonds. The average Bonchev–Trinajstić information content (AvgIpc) is 2.52. The van der Waals surface area contributed by atoms with Crippen LogP contribution < -0.4 is 10.0 Å². The number of carbonyl (C=O) groups excluding carboxylic acids is 1. The maximum absolute atomic E-state index is 11.7. The molecule has 1 fully saturated rings. The van der Waals surface area contributed by atoms with Gasteiger partial charge < -0.3 is 5.32 Å². The van der Waals surface area contributed by atoms with Gasteiger partial charge in [-0.3, -0.25) is 9.52 Å². The fourth-order valence-corrected chi connectivity index (χ4v) is 2.23. The summed E-state index contributed by atoms with van der Waals surface area (Å²) in [6, 6.07) is 0.310. The minimum absolute atomic E-state index is 0.149. The predicted molar refractivity (Wildman–Crippen MR) is 56.6 cm³/mol. The van der Waals surface area contributed by atoms with Crippen LogP contribution in [0.2, 0.25) is 0 Å². The van der Waals surface area contributed by atoms with E-state index in [1.54, 1.807) is 11.9 Å². The van der Waals surface area contributed by atoms with Gasteiger partial charge >= 0.3 is 0 Å². The van der Waals surface area contributed by atoms with Gasteiger partial charge in [0, 0.05) is 31.0 Å². The number of carbonyl (C=O) groups is 1. The Morgan fingerprint density at radius 1 is 1.54 bits per heavy atom. The van der Waals surface area contributed by atoms with Gasteiger partial charge in [-0.25, -0.2) is 0 Å². The van der Waals surface area contributed by atoms with E-state index in [0.29, 0.717) is 11.8 Å². The molecule has 0 aromatic heterocycles. The summed E-state index contributed by atoms with van der Waals surface area (Å²) in [5.41, 5.74) is 0. The van der Waals surface area contributed by atoms with Gasteiger partial charge in [0.15, 0.2) is 0 Å². The zero-order valence-corrected chi connectivity index (χ0v) is 9.28. The summed E-state index contributed by atoms with van der Waals surface area (Å²) in [7, 11) is 0. The summed E-state index contributed by atoms with van der Waals surface area (Å²) in [6.07, 6.45) is 2.00. The van der Waals surface area contributed by atoms with Crippen molar-refractivity contribution in [2.75, 3.05) is 19.3 Å². The molecule has 3 nitrogen and oxygen atoms in total. The lowest BCUT2D eigenvalue weighted by molar-refractivity contribution is -0.125. The average molecular weight is 202 g/mol. The van der Waals surface area contributed by atoms with Crippen molar-refractivity contribution in [1.29, 1.82) is 0 Å². The number of Topliss-reactive ketones (excluding diaryl/α,β-unsaturated/α-hetero) is 1. The van der Waals surface area contributed by atoms with Gasteiger partial charge in [0.05, 0.1) is 0 Å². The smallest absolute Gasteiger partial charge is 0.141 e. The third-order valence-corrected chi connectivity index (χ3v) is 2.96. The second-order valence-electron chi connectivity index (χ2n) is 3.75. The van der Waals surface area contributed by atoms with E-state index in [-0.39, 0.29) is 11.8 Å². The quantitative estimate of drug-likeness (QED) is 0.657. The van der Waals surface area contributed by atoms with Crippen molar-refractivity contribution in [2.24, 2.45) is 11.8 Å². The molecule has 0 aromatic rings. The zero-order chi connectivity index (χ0) is 9.84. The summed E-state index contributed by atoms with van der Waals surface area (Å²) in [4.78, 5) is 11.7. The van der Waals surface area contributed by atoms with Gasteiger partial charge in [-0.2, -0.15) is 0 Å². The molecule has 76 valence electrons. The van der Waals surface area contributed by atoms with E-state index in [9.17, 15) is 4.79 Å². The Morgan fingerprint density at radius 3 is 2.77 bits per heavy atom. The molecule has 4 heteroatoms. The van der Waals surface area contributed by atoms with Crippen LogP contribution >= 0.6 is 11.9 Å². The van der Waals surface area contributed by atoms with Crippen molar-refractivity contribution in [3.63, 3.8) is 0 Å². The molecule has 1 aliphatic rings. The first kappa shape index (κ1) is 11.0. The second kappa shape index (κ2) is 4.98. The molecule has 0 unspecified atom stereocenters. The van der Waals surface area contributed by atoms with Gasteiger partial charge in [0.2, 0.25) is 0 Å². The molecule has 1 rings (SSSR count). The summed E-state index contributed by atoms with van der Waals surface area (Å²) < 4.78 is 3.26. The Labute approximate surface area is 84.2 Å². The van der Waals surface area contributed by atoms with E-state index in [4.69, 9.17) is 0 Å². The van der Waals surface area contributed by atoms with E-state index in [1.165, 1.54) is 0 Å². The van der Waals surface area contributed by atoms with Crippen LogP contribution in [0.15, 0.2) is 0 Å². The van der Waals surface area contributed by atoms with Gasteiger partial charge in [-0.1, -0.05) is 25.8 Å². The fraction of sp³-hybridized carbons (Fsp3) is 0.889. The topological polar surface area (TPSA) is 41.1 Å². The highest BCUT2D eigenvalue weighted by Gasteiger charge is 2.33. The third-order valence-electron chi connectivity index (χ3n) is 2.42. The monoisotopic (exact) mass is 202 g/mol. The summed E-state index contributed by atoms with van der Waals surface area (Å²) in [5, 5.41) is 3.25. The van der Waals surface area contributed by atoms with Crippen LogP contribution in [0.25, 0.3) is 0 Å². The molecule has 1 heterocycles. The Kier molecular flexibility index (Phi) is 4.22. The Bertz CT molecular complexity index is 184. The number of rotatable bonds is 4. The van der Waals surface area contributed by atoms with Crippen molar-refractivity contribution in [3.8, 4) is 0 Å². The van der Waals surface area contributed by atoms with Crippen LogP contribution in [0.5, 0.6) is 0 Å². The molecular weight excluding hydrogens is 184 g/mol. The van der Waals surface area contributed by atoms with Crippen molar-refractivity contribution in [3.05, 3.63) is 0 Å². The number of nitrogens with one attached hydrogen (secondary N) is 2. The lowest BCUT2D eigenvalue weighted by Crippen LogP contribution is -2.37. The van der Waals surface area contributed by atoms with E-state index in [1.807, 2.05) is 20.1 Å². The van der Waals surface area contributed by atoms with Crippen LogP contribution in [-0.4, -0.2) is 31.2 Å². The molecule has 13 heavy (non-hydrogen) atoms. The normalized spacial score (nSPS) is 28.3. The number of hydrogen-bond donors (Lipinski definition) is 2. The van der Waals surface area contributed by atoms with Crippen molar-refractivity contribution >= 4 is 17.7 Å². The van der Waals surface area contributed by atoms with E-state index < -0.39 is 0 Å². The molecule has 0 aromatic carbocycles. The minimum Gasteiger partial charge on any atom is -0.314 e. The van der Waals surface area contributed by atoms with Gasteiger partial charge in [-0.05, 0) is 6.26 Å². The van der Waals surface area contributed by atoms with Gasteiger partial charge in [0.1, 0.15) is 5.78 Å². The minimum atomic E-state index is 0.149. The highest BCUT2D eigenvalue weighted by molar-refractivity contribution is 7.96. The van der Waals surface area contributed by atoms with Gasteiger partial charge in [-0.15, -0.1) is 0 Å². The van der Waals surface area contributed by atoms with Crippen LogP contribution in [0.3, 0.4) is 0 Å². The zero-order valence-electron chi connectivity index (χ0n) is 8.46. The first-order valence-electron chi connectivity index (χ1n) is 4.69. The first-order valence-corrected chi connectivity index (χ1v) is 5.92. The molecule has 0 saturated carbocycles. The van der Waals surface area contributed by atoms with Crippen molar-refractivity contribution in [1.82, 2.24) is 10.0 Å². The second-order valence-corrected chi connectivity index (χ2v) is 4.39. The molecule has 2 atom stereocenters. The maximum atomic E-state index is 11.7. The Hall–Kier alpha value is -0.0600. The first-order chi connectivity index (χ1) is 6.16. The molecule has 0 aliphatic carbocycles. The fourth-order valence-electron chi connectivity index (χ4n) is 1.68. The number of hydrogen-bond acceptors (Lipinski definition) is 4. The standard InChI is InChI=1S/C9H18N2OS/c1-6(2)9(12)7-4-10-5-8(7)11-13-3/h6-8,10-11H,4-5H2,1-3H3/t7-,8-/m0/s1. The summed E-state index contributed by atoms with van der Waals surface area (Å²) in [5.74, 6) is 0.681. The molecule has 0 radical (unpaired) electrons. The Morgan fingerprint density at radius 2 is 2.23 bits per heavy atom. The summed E-state index contributed by atoms with van der Waals surface area (Å²) in [6.45, 7) is 5.67. The van der Waals surface area contributed by atoms with Crippen LogP contribution in [0, 0.1) is 11.8 Å². The number of ketones is 1. The van der Waals surface area contributed by atoms with Crippen LogP contribution in [0.1, 0.15) is 13.8 Å². The van der Waals surface area contributed by atoms with E-state index >= 15 is 0 Å². The predicted octanol–water partition coefficient (Wildman–Crippen LogP) is 0.667. The van der Waals surface area contributed by atoms with E-state index in [0.717, 1.165) is 13.1 Å². The molecule has 1 saturated heterocycles. The van der Waals surface area contributed by atoms with Crippen LogP contribution in [0.4, 0.5) is 0 Å². The van der Waals surface area contributed by atoms with Crippen molar-refractivity contribution < 1.29 is 4.79 Å². The SMILES string of the molecule is CSN[C@H]1CNC[C@@H]1C(=O)C(C)C. The molecule has 0 bridgehead atoms. The van der Waals surface area contributed by atoms with Crippen molar-refractivity contribution in [2.45, 2.75) is 19.9 Å². The largest absolute Gasteiger partial charge is 0.314 e. The van der Waals surface area contributed by atoms with E-state index in [2.05, 4.69) is 10.0 Å².